The number of hydrogen-bond acceptors (Lipinski definition) is 1. The molecule has 0 aliphatic heterocycles. The third kappa shape index (κ3) is 1.80. The molecule has 0 saturated heterocycles. The molecule has 2 rings (SSSR count). The lowest BCUT2D eigenvalue weighted by Gasteiger charge is -2.12. The Kier molecular flexibility index (Phi) is 2.55. The van der Waals surface area contributed by atoms with Gasteiger partial charge in [-0.25, -0.2) is 4.39 Å². The van der Waals surface area contributed by atoms with E-state index in [-0.39, 0.29) is 11.7 Å². The lowest BCUT2D eigenvalue weighted by atomic mass is 9.95. The van der Waals surface area contributed by atoms with Crippen LogP contribution in [0.4, 0.5) is 4.39 Å². The Labute approximate surface area is 86.9 Å². The lowest BCUT2D eigenvalue weighted by Crippen LogP contribution is -2.10. The molecule has 0 amide bonds. The standard InChI is InChI=1S/C11H10ClFO/c12-11(14)10(7-5-6-7)8-3-1-2-4-9(8)13/h1-4,7,10H,5-6H2. The van der Waals surface area contributed by atoms with E-state index < -0.39 is 11.2 Å². The summed E-state index contributed by atoms with van der Waals surface area (Å²) in [6, 6.07) is 6.35. The van der Waals surface area contributed by atoms with Gasteiger partial charge in [0.2, 0.25) is 5.24 Å². The Morgan fingerprint density at radius 2 is 2.07 bits per heavy atom. The van der Waals surface area contributed by atoms with Crippen molar-refractivity contribution >= 4 is 16.8 Å². The van der Waals surface area contributed by atoms with Gasteiger partial charge in [0.25, 0.3) is 0 Å². The number of carbonyl (C=O) groups excluding carboxylic acids is 1. The first kappa shape index (κ1) is 9.66. The molecule has 0 radical (unpaired) electrons. The van der Waals surface area contributed by atoms with Crippen molar-refractivity contribution in [1.29, 1.82) is 0 Å². The topological polar surface area (TPSA) is 17.1 Å². The van der Waals surface area contributed by atoms with Crippen LogP contribution < -0.4 is 0 Å². The number of rotatable bonds is 3. The highest BCUT2D eigenvalue weighted by Gasteiger charge is 2.37. The largest absolute Gasteiger partial charge is 0.281 e. The van der Waals surface area contributed by atoms with Crippen molar-refractivity contribution in [1.82, 2.24) is 0 Å². The van der Waals surface area contributed by atoms with Gasteiger partial charge in [0.05, 0.1) is 5.92 Å². The number of hydrogen-bond donors (Lipinski definition) is 0. The van der Waals surface area contributed by atoms with Crippen LogP contribution in [0.2, 0.25) is 0 Å². The van der Waals surface area contributed by atoms with Gasteiger partial charge in [-0.1, -0.05) is 18.2 Å². The zero-order valence-corrected chi connectivity index (χ0v) is 8.30. The predicted molar refractivity (Wildman–Crippen MR) is 52.7 cm³/mol. The summed E-state index contributed by atoms with van der Waals surface area (Å²) in [6.07, 6.45) is 1.94. The van der Waals surface area contributed by atoms with Crippen molar-refractivity contribution in [3.63, 3.8) is 0 Å². The first-order chi connectivity index (χ1) is 6.70. The molecule has 14 heavy (non-hydrogen) atoms. The van der Waals surface area contributed by atoms with E-state index in [1.54, 1.807) is 18.2 Å². The van der Waals surface area contributed by atoms with Crippen LogP contribution in [0.3, 0.4) is 0 Å². The Bertz CT molecular complexity index is 360. The van der Waals surface area contributed by atoms with Crippen molar-refractivity contribution < 1.29 is 9.18 Å². The highest BCUT2D eigenvalue weighted by Crippen LogP contribution is 2.44. The van der Waals surface area contributed by atoms with Crippen LogP contribution in [0.5, 0.6) is 0 Å². The average molecular weight is 213 g/mol. The summed E-state index contributed by atoms with van der Waals surface area (Å²) >= 11 is 5.48. The van der Waals surface area contributed by atoms with E-state index in [1.165, 1.54) is 6.07 Å². The molecule has 3 heteroatoms. The molecule has 0 bridgehead atoms. The van der Waals surface area contributed by atoms with Crippen molar-refractivity contribution in [2.24, 2.45) is 5.92 Å². The molecule has 1 aliphatic carbocycles. The second-order valence-corrected chi connectivity index (χ2v) is 4.01. The quantitative estimate of drug-likeness (QED) is 0.704. The maximum Gasteiger partial charge on any atom is 0.229 e. The molecule has 1 nitrogen and oxygen atoms in total. The van der Waals surface area contributed by atoms with Gasteiger partial charge < -0.3 is 0 Å². The summed E-state index contributed by atoms with van der Waals surface area (Å²) in [7, 11) is 0. The Hall–Kier alpha value is -0.890. The van der Waals surface area contributed by atoms with Crippen LogP contribution in [0.15, 0.2) is 24.3 Å². The summed E-state index contributed by atoms with van der Waals surface area (Å²) in [4.78, 5) is 11.2. The zero-order valence-electron chi connectivity index (χ0n) is 7.54. The smallest absolute Gasteiger partial charge is 0.229 e. The molecule has 74 valence electrons. The van der Waals surface area contributed by atoms with Crippen LogP contribution in [-0.2, 0) is 4.79 Å². The van der Waals surface area contributed by atoms with Gasteiger partial charge >= 0.3 is 0 Å². The summed E-state index contributed by atoms with van der Waals surface area (Å²) in [5.74, 6) is -0.534. The monoisotopic (exact) mass is 212 g/mol. The number of benzene rings is 1. The zero-order chi connectivity index (χ0) is 10.1. The Balaban J connectivity index is 2.35. The van der Waals surface area contributed by atoms with Crippen molar-refractivity contribution in [3.8, 4) is 0 Å². The second-order valence-electron chi connectivity index (χ2n) is 3.64. The SMILES string of the molecule is O=C(Cl)C(c1ccccc1F)C1CC1. The van der Waals surface area contributed by atoms with E-state index >= 15 is 0 Å². The first-order valence-electron chi connectivity index (χ1n) is 4.64. The molecule has 1 aromatic carbocycles. The molecule has 0 aromatic heterocycles. The summed E-state index contributed by atoms with van der Waals surface area (Å²) in [5.41, 5.74) is 0.440. The molecule has 0 N–H and O–H groups in total. The fraction of sp³-hybridized carbons (Fsp3) is 0.364. The molecular formula is C11H10ClFO. The average Bonchev–Trinajstić information content (AvgIpc) is 2.92. The van der Waals surface area contributed by atoms with Gasteiger partial charge in [-0.2, -0.15) is 0 Å². The van der Waals surface area contributed by atoms with Crippen LogP contribution >= 0.6 is 11.6 Å². The van der Waals surface area contributed by atoms with E-state index in [1.807, 2.05) is 0 Å². The first-order valence-corrected chi connectivity index (χ1v) is 5.01. The van der Waals surface area contributed by atoms with E-state index in [2.05, 4.69) is 0 Å². The summed E-state index contributed by atoms with van der Waals surface area (Å²) < 4.78 is 13.4. The normalized spacial score (nSPS) is 17.9. The summed E-state index contributed by atoms with van der Waals surface area (Å²) in [6.45, 7) is 0. The van der Waals surface area contributed by atoms with Crippen LogP contribution in [0.25, 0.3) is 0 Å². The minimum Gasteiger partial charge on any atom is -0.281 e. The Morgan fingerprint density at radius 3 is 2.57 bits per heavy atom. The highest BCUT2D eigenvalue weighted by atomic mass is 35.5. The van der Waals surface area contributed by atoms with Crippen molar-refractivity contribution in [3.05, 3.63) is 35.6 Å². The lowest BCUT2D eigenvalue weighted by molar-refractivity contribution is -0.113. The maximum atomic E-state index is 13.4. The fourth-order valence-corrected chi connectivity index (χ4v) is 2.01. The minimum absolute atomic E-state index is 0.247. The van der Waals surface area contributed by atoms with Crippen molar-refractivity contribution in [2.45, 2.75) is 18.8 Å². The maximum absolute atomic E-state index is 13.4. The number of carbonyl (C=O) groups is 1. The molecular weight excluding hydrogens is 203 g/mol. The van der Waals surface area contributed by atoms with Crippen LogP contribution in [-0.4, -0.2) is 5.24 Å². The summed E-state index contributed by atoms with van der Waals surface area (Å²) in [5, 5.41) is -0.447. The van der Waals surface area contributed by atoms with E-state index in [9.17, 15) is 9.18 Å². The molecule has 1 aromatic rings. The highest BCUT2D eigenvalue weighted by molar-refractivity contribution is 6.64. The van der Waals surface area contributed by atoms with Crippen LogP contribution in [0.1, 0.15) is 24.3 Å². The van der Waals surface area contributed by atoms with Crippen LogP contribution in [0, 0.1) is 11.7 Å². The van der Waals surface area contributed by atoms with E-state index in [0.717, 1.165) is 12.8 Å². The van der Waals surface area contributed by atoms with Gasteiger partial charge in [-0.3, -0.25) is 4.79 Å². The van der Waals surface area contributed by atoms with E-state index in [0.29, 0.717) is 5.56 Å². The minimum atomic E-state index is -0.447. The van der Waals surface area contributed by atoms with Gasteiger partial charge in [0.1, 0.15) is 5.82 Å². The third-order valence-corrected chi connectivity index (χ3v) is 2.81. The fourth-order valence-electron chi connectivity index (χ4n) is 1.72. The molecule has 1 atom stereocenters. The molecule has 1 saturated carbocycles. The third-order valence-electron chi connectivity index (χ3n) is 2.58. The molecule has 1 fully saturated rings. The molecule has 0 spiro atoms. The van der Waals surface area contributed by atoms with Gasteiger partial charge in [-0.15, -0.1) is 0 Å². The second kappa shape index (κ2) is 3.70. The number of halogens is 2. The van der Waals surface area contributed by atoms with Gasteiger partial charge in [-0.05, 0) is 42.0 Å². The predicted octanol–water partition coefficient (Wildman–Crippen LogP) is 3.08. The van der Waals surface area contributed by atoms with E-state index in [4.69, 9.17) is 11.6 Å². The molecule has 1 unspecified atom stereocenters. The Morgan fingerprint density at radius 1 is 1.43 bits per heavy atom. The van der Waals surface area contributed by atoms with Crippen molar-refractivity contribution in [2.75, 3.05) is 0 Å². The molecule has 0 heterocycles. The van der Waals surface area contributed by atoms with Gasteiger partial charge in [0, 0.05) is 0 Å². The molecule has 1 aliphatic rings. The van der Waals surface area contributed by atoms with Gasteiger partial charge in [0.15, 0.2) is 0 Å².